The van der Waals surface area contributed by atoms with Crippen molar-refractivity contribution in [1.29, 1.82) is 0 Å². The van der Waals surface area contributed by atoms with E-state index in [9.17, 15) is 38.7 Å². The number of hydrogen-bond acceptors (Lipinski definition) is 8. The number of primary amides is 2. The van der Waals surface area contributed by atoms with Gasteiger partial charge in [-0.2, -0.15) is 0 Å². The Kier molecular flexibility index (Phi) is 12.9. The molecule has 0 bridgehead atoms. The van der Waals surface area contributed by atoms with Gasteiger partial charge in [0.25, 0.3) is 0 Å². The Morgan fingerprint density at radius 1 is 0.711 bits per heavy atom. The largest absolute Gasteiger partial charge is 0.481 e. The molecule has 0 aliphatic rings. The van der Waals surface area contributed by atoms with Crippen LogP contribution in [-0.2, 0) is 40.0 Å². The number of rotatable bonds is 17. The van der Waals surface area contributed by atoms with Gasteiger partial charge in [-0.05, 0) is 24.8 Å². The van der Waals surface area contributed by atoms with Crippen LogP contribution in [0.5, 0.6) is 0 Å². The first kappa shape index (κ1) is 31.5. The number of carbonyl (C=O) groups is 7. The highest BCUT2D eigenvalue weighted by molar-refractivity contribution is 5.96. The second-order valence-corrected chi connectivity index (χ2v) is 8.43. The minimum Gasteiger partial charge on any atom is -0.481 e. The number of hydrogen-bond donors (Lipinski definition) is 8. The molecule has 0 spiro atoms. The van der Waals surface area contributed by atoms with Crippen molar-refractivity contribution in [2.75, 3.05) is 0 Å². The average Bonchev–Trinajstić information content (AvgIpc) is 2.83. The Labute approximate surface area is 217 Å². The van der Waals surface area contributed by atoms with Crippen molar-refractivity contribution in [2.24, 2.45) is 17.2 Å². The molecule has 208 valence electrons. The standard InChI is InChI=1S/C23H32N6O9/c24-13(10-12-4-2-1-3-5-12)20(34)27-14(6-8-17(25)30)21(35)29-16(11-18(26)31)22(36)28-15(23(37)38)7-9-19(32)33/h1-5,13-16H,6-11,24H2,(H2,25,30)(H2,26,31)(H,27,34)(H,28,36)(H,29,35)(H,32,33)(H,37,38). The molecule has 4 atom stereocenters. The van der Waals surface area contributed by atoms with E-state index in [2.05, 4.69) is 16.0 Å². The summed E-state index contributed by atoms with van der Waals surface area (Å²) in [6, 6.07) is 3.01. The quantitative estimate of drug-likeness (QED) is 0.100. The lowest BCUT2D eigenvalue weighted by Gasteiger charge is -2.24. The van der Waals surface area contributed by atoms with Gasteiger partial charge in [-0.15, -0.1) is 0 Å². The molecule has 0 saturated heterocycles. The van der Waals surface area contributed by atoms with Crippen molar-refractivity contribution < 1.29 is 43.8 Å². The molecule has 0 radical (unpaired) electrons. The van der Waals surface area contributed by atoms with Gasteiger partial charge in [-0.3, -0.25) is 28.8 Å². The SMILES string of the molecule is NC(=O)CCC(NC(=O)C(N)Cc1ccccc1)C(=O)NC(CC(N)=O)C(=O)NC(CCC(=O)O)C(=O)O. The Hall–Kier alpha value is -4.53. The summed E-state index contributed by atoms with van der Waals surface area (Å²) in [5.74, 6) is -7.51. The monoisotopic (exact) mass is 536 g/mol. The third-order valence-corrected chi connectivity index (χ3v) is 5.25. The lowest BCUT2D eigenvalue weighted by molar-refractivity contribution is -0.143. The van der Waals surface area contributed by atoms with Gasteiger partial charge < -0.3 is 43.4 Å². The summed E-state index contributed by atoms with van der Waals surface area (Å²) in [6.07, 6.45) is -2.25. The van der Waals surface area contributed by atoms with E-state index in [-0.39, 0.29) is 19.3 Å². The van der Waals surface area contributed by atoms with Gasteiger partial charge in [-0.1, -0.05) is 30.3 Å². The first-order valence-corrected chi connectivity index (χ1v) is 11.5. The van der Waals surface area contributed by atoms with E-state index in [0.29, 0.717) is 0 Å². The van der Waals surface area contributed by atoms with E-state index in [1.807, 2.05) is 0 Å². The molecule has 0 aromatic heterocycles. The number of amides is 5. The van der Waals surface area contributed by atoms with Gasteiger partial charge in [0.1, 0.15) is 18.1 Å². The van der Waals surface area contributed by atoms with Gasteiger partial charge >= 0.3 is 11.9 Å². The summed E-state index contributed by atoms with van der Waals surface area (Å²) in [4.78, 5) is 83.2. The van der Waals surface area contributed by atoms with Crippen LogP contribution >= 0.6 is 0 Å². The highest BCUT2D eigenvalue weighted by Crippen LogP contribution is 2.06. The zero-order valence-electron chi connectivity index (χ0n) is 20.4. The van der Waals surface area contributed by atoms with E-state index in [0.717, 1.165) is 5.56 Å². The molecule has 0 heterocycles. The number of carboxylic acid groups (broad SMARTS) is 2. The fourth-order valence-corrected chi connectivity index (χ4v) is 3.28. The molecule has 4 unspecified atom stereocenters. The van der Waals surface area contributed by atoms with Crippen molar-refractivity contribution in [1.82, 2.24) is 16.0 Å². The summed E-state index contributed by atoms with van der Waals surface area (Å²) in [7, 11) is 0. The lowest BCUT2D eigenvalue weighted by Crippen LogP contribution is -2.58. The highest BCUT2D eigenvalue weighted by Gasteiger charge is 2.31. The van der Waals surface area contributed by atoms with Crippen LogP contribution in [0.2, 0.25) is 0 Å². The zero-order valence-corrected chi connectivity index (χ0v) is 20.4. The van der Waals surface area contributed by atoms with Crippen LogP contribution in [0, 0.1) is 0 Å². The van der Waals surface area contributed by atoms with Gasteiger partial charge in [0.15, 0.2) is 0 Å². The van der Waals surface area contributed by atoms with Crippen LogP contribution in [0.15, 0.2) is 30.3 Å². The second-order valence-electron chi connectivity index (χ2n) is 8.43. The maximum Gasteiger partial charge on any atom is 0.326 e. The number of carbonyl (C=O) groups excluding carboxylic acids is 5. The van der Waals surface area contributed by atoms with Crippen molar-refractivity contribution >= 4 is 41.5 Å². The summed E-state index contributed by atoms with van der Waals surface area (Å²) < 4.78 is 0. The maximum absolute atomic E-state index is 13.0. The first-order chi connectivity index (χ1) is 17.8. The molecule has 0 aliphatic heterocycles. The lowest BCUT2D eigenvalue weighted by atomic mass is 10.0. The number of aliphatic carboxylic acids is 2. The number of carboxylic acids is 2. The van der Waals surface area contributed by atoms with E-state index in [1.165, 1.54) is 0 Å². The first-order valence-electron chi connectivity index (χ1n) is 11.5. The van der Waals surface area contributed by atoms with Crippen LogP contribution in [-0.4, -0.2) is 75.9 Å². The van der Waals surface area contributed by atoms with E-state index in [1.54, 1.807) is 30.3 Å². The predicted molar refractivity (Wildman–Crippen MR) is 131 cm³/mol. The van der Waals surface area contributed by atoms with Gasteiger partial charge in [0, 0.05) is 12.8 Å². The highest BCUT2D eigenvalue weighted by atomic mass is 16.4. The van der Waals surface area contributed by atoms with Crippen LogP contribution in [0.25, 0.3) is 0 Å². The van der Waals surface area contributed by atoms with Gasteiger partial charge in [-0.25, -0.2) is 4.79 Å². The molecular weight excluding hydrogens is 504 g/mol. The van der Waals surface area contributed by atoms with Gasteiger partial charge in [0.05, 0.1) is 12.5 Å². The smallest absolute Gasteiger partial charge is 0.326 e. The molecule has 5 amide bonds. The molecular formula is C23H32N6O9. The number of benzene rings is 1. The van der Waals surface area contributed by atoms with Crippen molar-refractivity contribution in [3.05, 3.63) is 35.9 Å². The van der Waals surface area contributed by atoms with Crippen LogP contribution < -0.4 is 33.2 Å². The molecule has 15 nitrogen and oxygen atoms in total. The van der Waals surface area contributed by atoms with Crippen LogP contribution in [0.3, 0.4) is 0 Å². The van der Waals surface area contributed by atoms with Crippen LogP contribution in [0.4, 0.5) is 0 Å². The summed E-state index contributed by atoms with van der Waals surface area (Å²) in [5.41, 5.74) is 17.0. The number of nitrogens with two attached hydrogens (primary N) is 3. The normalized spacial score (nSPS) is 13.7. The fraction of sp³-hybridized carbons (Fsp3) is 0.435. The molecule has 0 fully saturated rings. The minimum absolute atomic E-state index is 0.135. The Morgan fingerprint density at radius 2 is 1.24 bits per heavy atom. The fourth-order valence-electron chi connectivity index (χ4n) is 3.28. The third kappa shape index (κ3) is 11.9. The molecule has 0 saturated carbocycles. The summed E-state index contributed by atoms with van der Waals surface area (Å²) >= 11 is 0. The van der Waals surface area contributed by atoms with Gasteiger partial charge in [0.2, 0.25) is 29.5 Å². The average molecular weight is 537 g/mol. The summed E-state index contributed by atoms with van der Waals surface area (Å²) in [6.45, 7) is 0. The predicted octanol–water partition coefficient (Wildman–Crippen LogP) is -2.90. The van der Waals surface area contributed by atoms with Crippen molar-refractivity contribution in [3.63, 3.8) is 0 Å². The molecule has 1 rings (SSSR count). The zero-order chi connectivity index (χ0) is 28.8. The van der Waals surface area contributed by atoms with E-state index in [4.69, 9.17) is 22.3 Å². The van der Waals surface area contributed by atoms with Crippen LogP contribution in [0.1, 0.15) is 37.7 Å². The Bertz CT molecular complexity index is 1030. The second kappa shape index (κ2) is 15.6. The third-order valence-electron chi connectivity index (χ3n) is 5.25. The summed E-state index contributed by atoms with van der Waals surface area (Å²) in [5, 5.41) is 24.7. The Morgan fingerprint density at radius 3 is 1.76 bits per heavy atom. The molecule has 11 N–H and O–H groups in total. The molecule has 1 aromatic rings. The molecule has 1 aromatic carbocycles. The molecule has 0 aliphatic carbocycles. The number of nitrogens with one attached hydrogen (secondary N) is 3. The molecule has 15 heteroatoms. The topological polar surface area (TPSA) is 274 Å². The van der Waals surface area contributed by atoms with E-state index >= 15 is 0 Å². The maximum atomic E-state index is 13.0. The van der Waals surface area contributed by atoms with Crippen molar-refractivity contribution in [3.8, 4) is 0 Å². The van der Waals surface area contributed by atoms with E-state index < -0.39 is 84.9 Å². The Balaban J connectivity index is 3.00. The molecule has 38 heavy (non-hydrogen) atoms. The van der Waals surface area contributed by atoms with Crippen molar-refractivity contribution in [2.45, 2.75) is 62.7 Å². The minimum atomic E-state index is -1.67.